The molecular weight excluding hydrogens is 290 g/mol. The SMILES string of the molecule is COc1cc(CNCC(C)(C)CC(C)O)cc(Cl)c1OC. The summed E-state index contributed by atoms with van der Waals surface area (Å²) in [4.78, 5) is 0. The van der Waals surface area contributed by atoms with Crippen LogP contribution in [-0.4, -0.2) is 32.0 Å². The number of hydrogen-bond donors (Lipinski definition) is 2. The Morgan fingerprint density at radius 2 is 1.95 bits per heavy atom. The zero-order chi connectivity index (χ0) is 16.0. The molecule has 21 heavy (non-hydrogen) atoms. The van der Waals surface area contributed by atoms with E-state index in [1.807, 2.05) is 19.1 Å². The number of methoxy groups -OCH3 is 2. The van der Waals surface area contributed by atoms with Crippen LogP contribution in [0.5, 0.6) is 11.5 Å². The molecule has 0 radical (unpaired) electrons. The molecule has 1 aromatic rings. The summed E-state index contributed by atoms with van der Waals surface area (Å²) >= 11 is 6.19. The number of ether oxygens (including phenoxy) is 2. The summed E-state index contributed by atoms with van der Waals surface area (Å²) in [6.07, 6.45) is 0.462. The van der Waals surface area contributed by atoms with Gasteiger partial charge in [-0.15, -0.1) is 0 Å². The number of nitrogens with one attached hydrogen (secondary N) is 1. The van der Waals surface area contributed by atoms with Gasteiger partial charge in [0.15, 0.2) is 11.5 Å². The van der Waals surface area contributed by atoms with Crippen molar-refractivity contribution >= 4 is 11.6 Å². The van der Waals surface area contributed by atoms with E-state index in [1.54, 1.807) is 14.2 Å². The molecule has 0 aliphatic carbocycles. The van der Waals surface area contributed by atoms with E-state index < -0.39 is 0 Å². The minimum Gasteiger partial charge on any atom is -0.493 e. The molecule has 120 valence electrons. The highest BCUT2D eigenvalue weighted by Crippen LogP contribution is 2.36. The Morgan fingerprint density at radius 1 is 1.29 bits per heavy atom. The summed E-state index contributed by atoms with van der Waals surface area (Å²) in [5, 5.41) is 13.4. The minimum absolute atomic E-state index is 0.0362. The van der Waals surface area contributed by atoms with Gasteiger partial charge < -0.3 is 19.9 Å². The molecule has 0 aliphatic heterocycles. The van der Waals surface area contributed by atoms with E-state index in [0.29, 0.717) is 23.1 Å². The number of benzene rings is 1. The first kappa shape index (κ1) is 18.1. The van der Waals surface area contributed by atoms with Gasteiger partial charge in [0.05, 0.1) is 25.3 Å². The van der Waals surface area contributed by atoms with Crippen molar-refractivity contribution < 1.29 is 14.6 Å². The topological polar surface area (TPSA) is 50.7 Å². The van der Waals surface area contributed by atoms with Gasteiger partial charge in [-0.05, 0) is 36.5 Å². The minimum atomic E-state index is -0.294. The normalized spacial score (nSPS) is 13.1. The average molecular weight is 316 g/mol. The number of aliphatic hydroxyl groups excluding tert-OH is 1. The van der Waals surface area contributed by atoms with Crippen LogP contribution in [0, 0.1) is 5.41 Å². The van der Waals surface area contributed by atoms with Crippen molar-refractivity contribution in [2.45, 2.75) is 39.8 Å². The lowest BCUT2D eigenvalue weighted by Gasteiger charge is -2.26. The fourth-order valence-corrected chi connectivity index (χ4v) is 2.80. The molecule has 0 aromatic heterocycles. The summed E-state index contributed by atoms with van der Waals surface area (Å²) in [5.74, 6) is 1.18. The maximum absolute atomic E-state index is 9.49. The Labute approximate surface area is 132 Å². The summed E-state index contributed by atoms with van der Waals surface area (Å²) in [6.45, 7) is 7.58. The van der Waals surface area contributed by atoms with Gasteiger partial charge in [-0.3, -0.25) is 0 Å². The van der Waals surface area contributed by atoms with Crippen molar-refractivity contribution in [2.75, 3.05) is 20.8 Å². The van der Waals surface area contributed by atoms with Gasteiger partial charge in [-0.1, -0.05) is 25.4 Å². The van der Waals surface area contributed by atoms with Gasteiger partial charge in [0.25, 0.3) is 0 Å². The average Bonchev–Trinajstić information content (AvgIpc) is 2.36. The van der Waals surface area contributed by atoms with Crippen LogP contribution in [0.4, 0.5) is 0 Å². The third-order valence-electron chi connectivity index (χ3n) is 3.27. The van der Waals surface area contributed by atoms with E-state index >= 15 is 0 Å². The summed E-state index contributed by atoms with van der Waals surface area (Å²) < 4.78 is 10.5. The molecule has 4 nitrogen and oxygen atoms in total. The molecule has 1 rings (SSSR count). The van der Waals surface area contributed by atoms with Gasteiger partial charge >= 0.3 is 0 Å². The Balaban J connectivity index is 2.66. The molecule has 0 heterocycles. The van der Waals surface area contributed by atoms with Crippen LogP contribution in [0.1, 0.15) is 32.8 Å². The fraction of sp³-hybridized carbons (Fsp3) is 0.625. The van der Waals surface area contributed by atoms with Crippen LogP contribution in [-0.2, 0) is 6.54 Å². The van der Waals surface area contributed by atoms with Crippen molar-refractivity contribution in [3.8, 4) is 11.5 Å². The Kier molecular flexibility index (Phi) is 6.78. The van der Waals surface area contributed by atoms with Crippen molar-refractivity contribution in [1.82, 2.24) is 5.32 Å². The summed E-state index contributed by atoms with van der Waals surface area (Å²) in [7, 11) is 3.16. The van der Waals surface area contributed by atoms with Crippen LogP contribution in [0.2, 0.25) is 5.02 Å². The number of hydrogen-bond acceptors (Lipinski definition) is 4. The second-order valence-corrected chi connectivity index (χ2v) is 6.54. The van der Waals surface area contributed by atoms with Gasteiger partial charge in [0, 0.05) is 13.1 Å². The van der Waals surface area contributed by atoms with Gasteiger partial charge in [-0.25, -0.2) is 0 Å². The van der Waals surface area contributed by atoms with E-state index in [9.17, 15) is 5.11 Å². The quantitative estimate of drug-likeness (QED) is 0.773. The first-order chi connectivity index (χ1) is 9.79. The zero-order valence-electron chi connectivity index (χ0n) is 13.5. The van der Waals surface area contributed by atoms with Crippen molar-refractivity contribution in [3.05, 3.63) is 22.7 Å². The van der Waals surface area contributed by atoms with Crippen LogP contribution in [0.25, 0.3) is 0 Å². The molecule has 0 saturated heterocycles. The molecule has 1 aromatic carbocycles. The van der Waals surface area contributed by atoms with E-state index in [4.69, 9.17) is 21.1 Å². The van der Waals surface area contributed by atoms with E-state index in [2.05, 4.69) is 19.2 Å². The standard InChI is InChI=1S/C16H26ClNO3/c1-11(19)8-16(2,3)10-18-9-12-6-13(17)15(21-5)14(7-12)20-4/h6-7,11,18-19H,8-10H2,1-5H3. The molecule has 1 unspecified atom stereocenters. The Hall–Kier alpha value is -0.970. The summed E-state index contributed by atoms with van der Waals surface area (Å²) in [6, 6.07) is 3.79. The fourth-order valence-electron chi connectivity index (χ4n) is 2.49. The predicted octanol–water partition coefficient (Wildman–Crippen LogP) is 3.24. The second kappa shape index (κ2) is 7.87. The molecule has 0 fully saturated rings. The smallest absolute Gasteiger partial charge is 0.179 e. The van der Waals surface area contributed by atoms with Crippen molar-refractivity contribution in [1.29, 1.82) is 0 Å². The lowest BCUT2D eigenvalue weighted by Crippen LogP contribution is -2.31. The first-order valence-corrected chi connectivity index (χ1v) is 7.46. The highest BCUT2D eigenvalue weighted by atomic mass is 35.5. The molecule has 0 aliphatic rings. The third-order valence-corrected chi connectivity index (χ3v) is 3.55. The highest BCUT2D eigenvalue weighted by Gasteiger charge is 2.20. The lowest BCUT2D eigenvalue weighted by molar-refractivity contribution is 0.128. The van der Waals surface area contributed by atoms with Crippen molar-refractivity contribution in [2.24, 2.45) is 5.41 Å². The highest BCUT2D eigenvalue weighted by molar-refractivity contribution is 6.32. The van der Waals surface area contributed by atoms with Gasteiger partial charge in [-0.2, -0.15) is 0 Å². The van der Waals surface area contributed by atoms with Crippen LogP contribution < -0.4 is 14.8 Å². The third kappa shape index (κ3) is 5.73. The molecular formula is C16H26ClNO3. The number of halogens is 1. The second-order valence-electron chi connectivity index (χ2n) is 6.13. The van der Waals surface area contributed by atoms with Crippen molar-refractivity contribution in [3.63, 3.8) is 0 Å². The summed E-state index contributed by atoms with van der Waals surface area (Å²) in [5.41, 5.74) is 1.07. The first-order valence-electron chi connectivity index (χ1n) is 7.08. The lowest BCUT2D eigenvalue weighted by atomic mass is 9.87. The molecule has 1 atom stereocenters. The van der Waals surface area contributed by atoms with Crippen LogP contribution in [0.15, 0.2) is 12.1 Å². The molecule has 0 bridgehead atoms. The zero-order valence-corrected chi connectivity index (χ0v) is 14.3. The molecule has 2 N–H and O–H groups in total. The molecule has 0 spiro atoms. The predicted molar refractivity (Wildman–Crippen MR) is 86.3 cm³/mol. The Bertz CT molecular complexity index is 461. The van der Waals surface area contributed by atoms with Gasteiger partial charge in [0.2, 0.25) is 0 Å². The monoisotopic (exact) mass is 315 g/mol. The van der Waals surface area contributed by atoms with Crippen LogP contribution >= 0.6 is 11.6 Å². The number of aliphatic hydroxyl groups is 1. The maximum atomic E-state index is 9.49. The number of rotatable bonds is 8. The van der Waals surface area contributed by atoms with E-state index in [1.165, 1.54) is 0 Å². The van der Waals surface area contributed by atoms with E-state index in [0.717, 1.165) is 18.5 Å². The maximum Gasteiger partial charge on any atom is 0.179 e. The largest absolute Gasteiger partial charge is 0.493 e. The molecule has 0 amide bonds. The molecule has 5 heteroatoms. The van der Waals surface area contributed by atoms with Gasteiger partial charge in [0.1, 0.15) is 0 Å². The Morgan fingerprint density at radius 3 is 2.48 bits per heavy atom. The van der Waals surface area contributed by atoms with E-state index in [-0.39, 0.29) is 11.5 Å². The molecule has 0 saturated carbocycles. The van der Waals surface area contributed by atoms with Crippen LogP contribution in [0.3, 0.4) is 0 Å².